The van der Waals surface area contributed by atoms with Gasteiger partial charge in [-0.15, -0.1) is 0 Å². The lowest BCUT2D eigenvalue weighted by Gasteiger charge is -2.34. The van der Waals surface area contributed by atoms with Crippen molar-refractivity contribution in [2.75, 3.05) is 51.3 Å². The maximum absolute atomic E-state index is 12.1. The van der Waals surface area contributed by atoms with Gasteiger partial charge in [0.2, 0.25) is 0 Å². The second-order valence-electron chi connectivity index (χ2n) is 5.38. The van der Waals surface area contributed by atoms with Crippen LogP contribution in [0.1, 0.15) is 6.42 Å². The van der Waals surface area contributed by atoms with Crippen LogP contribution >= 0.6 is 11.3 Å². The van der Waals surface area contributed by atoms with Crippen LogP contribution in [0.15, 0.2) is 18.3 Å². The number of amides is 2. The highest BCUT2D eigenvalue weighted by molar-refractivity contribution is 7.21. The summed E-state index contributed by atoms with van der Waals surface area (Å²) in [5.41, 5.74) is 0.936. The van der Waals surface area contributed by atoms with Crippen LogP contribution in [0.5, 0.6) is 0 Å². The topological polar surface area (TPSA) is 70.6 Å². The van der Waals surface area contributed by atoms with Crippen molar-refractivity contribution in [3.05, 3.63) is 18.3 Å². The smallest absolute Gasteiger partial charge is 0.317 e. The molecule has 3 heterocycles. The number of methoxy groups -OCH3 is 1. The molecule has 124 valence electrons. The molecule has 1 fully saturated rings. The lowest BCUT2D eigenvalue weighted by molar-refractivity contribution is 0.183. The first-order chi connectivity index (χ1) is 11.3. The molecule has 0 aromatic carbocycles. The molecular formula is C15H21N5O2S. The predicted octanol–water partition coefficient (Wildman–Crippen LogP) is 1.56. The highest BCUT2D eigenvalue weighted by Crippen LogP contribution is 2.27. The molecule has 2 aromatic heterocycles. The summed E-state index contributed by atoms with van der Waals surface area (Å²) in [5, 5.41) is 3.91. The van der Waals surface area contributed by atoms with Crippen molar-refractivity contribution in [3.8, 4) is 0 Å². The van der Waals surface area contributed by atoms with E-state index in [4.69, 9.17) is 4.74 Å². The molecule has 0 spiro atoms. The van der Waals surface area contributed by atoms with Crippen molar-refractivity contribution in [1.29, 1.82) is 0 Å². The summed E-state index contributed by atoms with van der Waals surface area (Å²) in [6, 6.07) is 3.88. The van der Waals surface area contributed by atoms with Crippen LogP contribution in [0.4, 0.5) is 9.93 Å². The number of rotatable bonds is 5. The summed E-state index contributed by atoms with van der Waals surface area (Å²) in [5.74, 6) is 0. The first-order valence-electron chi connectivity index (χ1n) is 7.76. The fraction of sp³-hybridized carbons (Fsp3) is 0.533. The molecule has 8 heteroatoms. The van der Waals surface area contributed by atoms with E-state index in [0.29, 0.717) is 26.2 Å². The van der Waals surface area contributed by atoms with E-state index in [1.54, 1.807) is 24.6 Å². The van der Waals surface area contributed by atoms with Crippen LogP contribution in [0, 0.1) is 0 Å². The number of hydrogen-bond acceptors (Lipinski definition) is 6. The molecule has 0 radical (unpaired) electrons. The molecule has 1 saturated heterocycles. The van der Waals surface area contributed by atoms with Gasteiger partial charge in [-0.3, -0.25) is 0 Å². The Morgan fingerprint density at radius 3 is 2.96 bits per heavy atom. The zero-order chi connectivity index (χ0) is 16.1. The van der Waals surface area contributed by atoms with E-state index in [1.165, 1.54) is 0 Å². The minimum atomic E-state index is 0.00622. The maximum Gasteiger partial charge on any atom is 0.317 e. The maximum atomic E-state index is 12.1. The van der Waals surface area contributed by atoms with Crippen LogP contribution in [0.25, 0.3) is 10.3 Å². The number of thiazole rings is 1. The van der Waals surface area contributed by atoms with Gasteiger partial charge in [-0.1, -0.05) is 11.3 Å². The van der Waals surface area contributed by atoms with Crippen molar-refractivity contribution in [2.24, 2.45) is 0 Å². The number of aromatic nitrogens is 2. The van der Waals surface area contributed by atoms with Crippen LogP contribution in [0.2, 0.25) is 0 Å². The monoisotopic (exact) mass is 335 g/mol. The van der Waals surface area contributed by atoms with Gasteiger partial charge in [0.15, 0.2) is 5.13 Å². The van der Waals surface area contributed by atoms with Gasteiger partial charge < -0.3 is 19.9 Å². The third kappa shape index (κ3) is 3.89. The molecule has 2 aromatic rings. The van der Waals surface area contributed by atoms with E-state index in [-0.39, 0.29) is 6.03 Å². The number of carbonyl (C=O) groups excluding carboxylic acids is 1. The van der Waals surface area contributed by atoms with Crippen molar-refractivity contribution in [2.45, 2.75) is 6.42 Å². The molecule has 3 rings (SSSR count). The molecule has 2 amide bonds. The summed E-state index contributed by atoms with van der Waals surface area (Å²) in [7, 11) is 1.67. The Kier molecular flexibility index (Phi) is 5.24. The number of fused-ring (bicyclic) bond motifs is 1. The zero-order valence-electron chi connectivity index (χ0n) is 13.2. The zero-order valence-corrected chi connectivity index (χ0v) is 14.0. The molecular weight excluding hydrogens is 314 g/mol. The molecule has 23 heavy (non-hydrogen) atoms. The average molecular weight is 335 g/mol. The number of pyridine rings is 1. The minimum Gasteiger partial charge on any atom is -0.385 e. The normalized spacial score (nSPS) is 15.2. The number of ether oxygens (including phenoxy) is 1. The lowest BCUT2D eigenvalue weighted by Crippen LogP contribution is -2.52. The van der Waals surface area contributed by atoms with E-state index in [2.05, 4.69) is 20.2 Å². The molecule has 1 N–H and O–H groups in total. The van der Waals surface area contributed by atoms with Crippen LogP contribution in [0.3, 0.4) is 0 Å². The van der Waals surface area contributed by atoms with Crippen molar-refractivity contribution >= 4 is 32.8 Å². The standard InChI is InChI=1S/C15H21N5O2S/c1-22-11-3-6-17-14(21)19-7-9-20(10-8-19)15-18-12-4-2-5-16-13(12)23-15/h2,4-5H,3,6-11H2,1H3,(H,17,21). The van der Waals surface area contributed by atoms with Crippen molar-refractivity contribution in [1.82, 2.24) is 20.2 Å². The second-order valence-corrected chi connectivity index (χ2v) is 6.33. The second kappa shape index (κ2) is 7.56. The largest absolute Gasteiger partial charge is 0.385 e. The van der Waals surface area contributed by atoms with Crippen molar-refractivity contribution < 1.29 is 9.53 Å². The highest BCUT2D eigenvalue weighted by Gasteiger charge is 2.22. The Balaban J connectivity index is 1.50. The Morgan fingerprint density at radius 2 is 2.22 bits per heavy atom. The van der Waals surface area contributed by atoms with Gasteiger partial charge in [0.1, 0.15) is 10.3 Å². The third-order valence-electron chi connectivity index (χ3n) is 3.79. The Bertz CT molecular complexity index is 621. The molecule has 1 aliphatic rings. The summed E-state index contributed by atoms with van der Waals surface area (Å²) < 4.78 is 4.97. The van der Waals surface area contributed by atoms with Gasteiger partial charge in [-0.2, -0.15) is 0 Å². The molecule has 0 bridgehead atoms. The average Bonchev–Trinajstić information content (AvgIpc) is 3.03. The number of anilines is 1. The molecule has 0 atom stereocenters. The fourth-order valence-corrected chi connectivity index (χ4v) is 3.48. The Labute approximate surface area is 139 Å². The molecule has 0 aliphatic carbocycles. The first-order valence-corrected chi connectivity index (χ1v) is 8.58. The number of nitrogens with zero attached hydrogens (tertiary/aromatic N) is 4. The van der Waals surface area contributed by atoms with Crippen LogP contribution < -0.4 is 10.2 Å². The van der Waals surface area contributed by atoms with Gasteiger partial charge in [0.25, 0.3) is 0 Å². The SMILES string of the molecule is COCCCNC(=O)N1CCN(c2nc3cccnc3s2)CC1. The molecule has 0 saturated carbocycles. The predicted molar refractivity (Wildman–Crippen MR) is 91.1 cm³/mol. The van der Waals surface area contributed by atoms with Crippen LogP contribution in [-0.4, -0.2) is 67.3 Å². The van der Waals surface area contributed by atoms with Gasteiger partial charge in [0.05, 0.1) is 0 Å². The van der Waals surface area contributed by atoms with E-state index >= 15 is 0 Å². The number of nitrogens with one attached hydrogen (secondary N) is 1. The van der Waals surface area contributed by atoms with Gasteiger partial charge in [-0.25, -0.2) is 14.8 Å². The van der Waals surface area contributed by atoms with Gasteiger partial charge in [0, 0.05) is 52.6 Å². The quantitative estimate of drug-likeness (QED) is 0.840. The summed E-state index contributed by atoms with van der Waals surface area (Å²) in [4.78, 5) is 26.1. The Hall–Kier alpha value is -1.93. The van der Waals surface area contributed by atoms with Crippen molar-refractivity contribution in [3.63, 3.8) is 0 Å². The number of urea groups is 1. The van der Waals surface area contributed by atoms with E-state index in [9.17, 15) is 4.79 Å². The minimum absolute atomic E-state index is 0.00622. The number of carbonyl (C=O) groups is 1. The van der Waals surface area contributed by atoms with Gasteiger partial charge in [-0.05, 0) is 18.6 Å². The van der Waals surface area contributed by atoms with E-state index in [1.807, 2.05) is 17.0 Å². The summed E-state index contributed by atoms with van der Waals surface area (Å²) in [6.45, 7) is 4.33. The molecule has 7 nitrogen and oxygen atoms in total. The van der Waals surface area contributed by atoms with Crippen LogP contribution in [-0.2, 0) is 4.74 Å². The molecule has 1 aliphatic heterocycles. The third-order valence-corrected chi connectivity index (χ3v) is 4.83. The molecule has 0 unspecified atom stereocenters. The fourth-order valence-electron chi connectivity index (χ4n) is 2.52. The highest BCUT2D eigenvalue weighted by atomic mass is 32.1. The van der Waals surface area contributed by atoms with E-state index in [0.717, 1.165) is 35.0 Å². The van der Waals surface area contributed by atoms with E-state index < -0.39 is 0 Å². The number of piperazine rings is 1. The summed E-state index contributed by atoms with van der Waals surface area (Å²) >= 11 is 1.60. The summed E-state index contributed by atoms with van der Waals surface area (Å²) in [6.07, 6.45) is 2.62. The lowest BCUT2D eigenvalue weighted by atomic mass is 10.3. The first kappa shape index (κ1) is 15.9. The Morgan fingerprint density at radius 1 is 1.39 bits per heavy atom. The number of hydrogen-bond donors (Lipinski definition) is 1. The van der Waals surface area contributed by atoms with Gasteiger partial charge >= 0.3 is 6.03 Å².